The van der Waals surface area contributed by atoms with Crippen LogP contribution in [0, 0.1) is 0 Å². The Hall–Kier alpha value is -2.38. The van der Waals surface area contributed by atoms with Gasteiger partial charge in [0.05, 0.1) is 12.6 Å². The van der Waals surface area contributed by atoms with Crippen molar-refractivity contribution in [1.82, 2.24) is 20.4 Å². The molecule has 26 heavy (non-hydrogen) atoms. The quantitative estimate of drug-likeness (QED) is 0.684. The summed E-state index contributed by atoms with van der Waals surface area (Å²) in [5, 5.41) is 12.8. The molecule has 1 aromatic carbocycles. The standard InChI is InChI=1S/C18H25N5O2.ClH/c1-12(2)21-16(24)9-13-5-7-15(8-6-13)22-18(25)17(19-3)14-10-20-23(4)11-14;/h5-8,10-12,17,19H,9H2,1-4H3,(H,21,24)(H,22,25);1H. The number of benzene rings is 1. The Morgan fingerprint density at radius 2 is 1.85 bits per heavy atom. The van der Waals surface area contributed by atoms with Crippen LogP contribution in [0.4, 0.5) is 5.69 Å². The lowest BCUT2D eigenvalue weighted by Crippen LogP contribution is -2.31. The Bertz CT molecular complexity index is 727. The van der Waals surface area contributed by atoms with Gasteiger partial charge in [0.25, 0.3) is 0 Å². The molecule has 1 heterocycles. The van der Waals surface area contributed by atoms with Crippen molar-refractivity contribution < 1.29 is 9.59 Å². The van der Waals surface area contributed by atoms with Crippen LogP contribution in [0.25, 0.3) is 0 Å². The lowest BCUT2D eigenvalue weighted by molar-refractivity contribution is -0.121. The molecule has 8 heteroatoms. The third-order valence-electron chi connectivity index (χ3n) is 3.64. The van der Waals surface area contributed by atoms with Crippen molar-refractivity contribution in [3.8, 4) is 0 Å². The SMILES string of the molecule is CNC(C(=O)Nc1ccc(CC(=O)NC(C)C)cc1)c1cnn(C)c1.Cl. The minimum Gasteiger partial charge on any atom is -0.354 e. The van der Waals surface area contributed by atoms with Crippen molar-refractivity contribution in [3.63, 3.8) is 0 Å². The maximum atomic E-state index is 12.5. The van der Waals surface area contributed by atoms with E-state index in [0.717, 1.165) is 11.1 Å². The lowest BCUT2D eigenvalue weighted by Gasteiger charge is -2.15. The molecule has 0 aliphatic rings. The summed E-state index contributed by atoms with van der Waals surface area (Å²) in [6.45, 7) is 3.86. The first-order valence-electron chi connectivity index (χ1n) is 8.24. The molecule has 0 aliphatic carbocycles. The number of aromatic nitrogens is 2. The van der Waals surface area contributed by atoms with Crippen LogP contribution >= 0.6 is 12.4 Å². The van der Waals surface area contributed by atoms with E-state index in [9.17, 15) is 9.59 Å². The van der Waals surface area contributed by atoms with E-state index in [1.165, 1.54) is 0 Å². The van der Waals surface area contributed by atoms with E-state index in [4.69, 9.17) is 0 Å². The molecule has 3 N–H and O–H groups in total. The van der Waals surface area contributed by atoms with Crippen molar-refractivity contribution in [3.05, 3.63) is 47.8 Å². The lowest BCUT2D eigenvalue weighted by atomic mass is 10.1. The normalized spacial score (nSPS) is 11.6. The Balaban J connectivity index is 0.00000338. The third kappa shape index (κ3) is 6.16. The number of nitrogens with one attached hydrogen (secondary N) is 3. The van der Waals surface area contributed by atoms with Crippen LogP contribution in [0.15, 0.2) is 36.7 Å². The van der Waals surface area contributed by atoms with Crippen LogP contribution in [0.2, 0.25) is 0 Å². The van der Waals surface area contributed by atoms with Crippen molar-refractivity contribution in [2.45, 2.75) is 32.4 Å². The van der Waals surface area contributed by atoms with E-state index >= 15 is 0 Å². The smallest absolute Gasteiger partial charge is 0.246 e. The van der Waals surface area contributed by atoms with Gasteiger partial charge in [-0.2, -0.15) is 5.10 Å². The molecular formula is C18H26ClN5O2. The van der Waals surface area contributed by atoms with Gasteiger partial charge >= 0.3 is 0 Å². The highest BCUT2D eigenvalue weighted by Crippen LogP contribution is 2.16. The third-order valence-corrected chi connectivity index (χ3v) is 3.64. The summed E-state index contributed by atoms with van der Waals surface area (Å²) in [4.78, 5) is 24.2. The summed E-state index contributed by atoms with van der Waals surface area (Å²) in [6.07, 6.45) is 3.79. The fourth-order valence-electron chi connectivity index (χ4n) is 2.52. The van der Waals surface area contributed by atoms with Crippen molar-refractivity contribution >= 4 is 29.9 Å². The zero-order chi connectivity index (χ0) is 18.4. The number of rotatable bonds is 7. The Morgan fingerprint density at radius 3 is 2.35 bits per heavy atom. The van der Waals surface area contributed by atoms with E-state index in [1.807, 2.05) is 33.0 Å². The van der Waals surface area contributed by atoms with Crippen LogP contribution in [-0.4, -0.2) is 34.7 Å². The summed E-state index contributed by atoms with van der Waals surface area (Å²) in [5.74, 6) is -0.181. The average molecular weight is 380 g/mol. The number of aryl methyl sites for hydroxylation is 1. The molecule has 0 spiro atoms. The molecule has 0 fully saturated rings. The first-order valence-corrected chi connectivity index (χ1v) is 8.24. The van der Waals surface area contributed by atoms with Crippen LogP contribution in [0.5, 0.6) is 0 Å². The molecule has 2 rings (SSSR count). The van der Waals surface area contributed by atoms with Crippen molar-refractivity contribution in [1.29, 1.82) is 0 Å². The Labute approximate surface area is 160 Å². The van der Waals surface area contributed by atoms with Gasteiger partial charge in [-0.1, -0.05) is 12.1 Å². The molecule has 0 radical (unpaired) electrons. The zero-order valence-electron chi connectivity index (χ0n) is 15.4. The van der Waals surface area contributed by atoms with Crippen LogP contribution < -0.4 is 16.0 Å². The van der Waals surface area contributed by atoms with Gasteiger partial charge in [0.1, 0.15) is 6.04 Å². The molecule has 1 aromatic heterocycles. The average Bonchev–Trinajstić information content (AvgIpc) is 2.95. The topological polar surface area (TPSA) is 88.1 Å². The molecule has 7 nitrogen and oxygen atoms in total. The predicted molar refractivity (Wildman–Crippen MR) is 104 cm³/mol. The molecule has 142 valence electrons. The highest BCUT2D eigenvalue weighted by Gasteiger charge is 2.20. The van der Waals surface area contributed by atoms with Crippen molar-refractivity contribution in [2.24, 2.45) is 7.05 Å². The number of amides is 2. The van der Waals surface area contributed by atoms with E-state index in [-0.39, 0.29) is 30.3 Å². The predicted octanol–water partition coefficient (Wildman–Crippen LogP) is 1.81. The Morgan fingerprint density at radius 1 is 1.19 bits per heavy atom. The molecule has 2 amide bonds. The van der Waals surface area contributed by atoms with E-state index < -0.39 is 6.04 Å². The summed E-state index contributed by atoms with van der Waals surface area (Å²) >= 11 is 0. The van der Waals surface area contributed by atoms with Gasteiger partial charge in [0, 0.05) is 30.5 Å². The Kier molecular flexibility index (Phi) is 8.28. The minimum atomic E-state index is -0.481. The molecule has 0 saturated heterocycles. The van der Waals surface area contributed by atoms with Gasteiger partial charge in [-0.05, 0) is 38.6 Å². The van der Waals surface area contributed by atoms with Crippen LogP contribution in [0.3, 0.4) is 0 Å². The minimum absolute atomic E-state index is 0. The van der Waals surface area contributed by atoms with Crippen LogP contribution in [0.1, 0.15) is 31.0 Å². The number of nitrogens with zero attached hydrogens (tertiary/aromatic N) is 2. The number of carbonyl (C=O) groups is 2. The first-order chi connectivity index (χ1) is 11.9. The number of likely N-dealkylation sites (N-methyl/N-ethyl adjacent to an activating group) is 1. The fraction of sp³-hybridized carbons (Fsp3) is 0.389. The number of hydrogen-bond donors (Lipinski definition) is 3. The molecule has 2 aromatic rings. The summed E-state index contributed by atoms with van der Waals surface area (Å²) < 4.78 is 1.66. The fourth-order valence-corrected chi connectivity index (χ4v) is 2.52. The largest absolute Gasteiger partial charge is 0.354 e. The van der Waals surface area contributed by atoms with Gasteiger partial charge in [-0.25, -0.2) is 0 Å². The van der Waals surface area contributed by atoms with Gasteiger partial charge in [0.15, 0.2) is 0 Å². The molecular weight excluding hydrogens is 354 g/mol. The summed E-state index contributed by atoms with van der Waals surface area (Å²) in [7, 11) is 3.54. The van der Waals surface area contributed by atoms with E-state index in [0.29, 0.717) is 12.1 Å². The van der Waals surface area contributed by atoms with Crippen LogP contribution in [-0.2, 0) is 23.1 Å². The molecule has 1 atom stereocenters. The molecule has 1 unspecified atom stereocenters. The number of hydrogen-bond acceptors (Lipinski definition) is 4. The second-order valence-corrected chi connectivity index (χ2v) is 6.25. The zero-order valence-corrected chi connectivity index (χ0v) is 16.3. The monoisotopic (exact) mass is 379 g/mol. The number of anilines is 1. The highest BCUT2D eigenvalue weighted by molar-refractivity contribution is 5.95. The number of halogens is 1. The van der Waals surface area contributed by atoms with Gasteiger partial charge in [-0.3, -0.25) is 14.3 Å². The van der Waals surface area contributed by atoms with Gasteiger partial charge in [-0.15, -0.1) is 12.4 Å². The maximum Gasteiger partial charge on any atom is 0.246 e. The maximum absolute atomic E-state index is 12.5. The number of carbonyl (C=O) groups excluding carboxylic acids is 2. The van der Waals surface area contributed by atoms with E-state index in [1.54, 1.807) is 36.3 Å². The summed E-state index contributed by atoms with van der Waals surface area (Å²) in [5.41, 5.74) is 2.38. The molecule has 0 bridgehead atoms. The van der Waals surface area contributed by atoms with E-state index in [2.05, 4.69) is 21.0 Å². The molecule has 0 saturated carbocycles. The summed E-state index contributed by atoms with van der Waals surface area (Å²) in [6, 6.07) is 6.92. The second-order valence-electron chi connectivity index (χ2n) is 6.25. The molecule has 0 aliphatic heterocycles. The van der Waals surface area contributed by atoms with Gasteiger partial charge in [0.2, 0.25) is 11.8 Å². The first kappa shape index (κ1) is 21.7. The second kappa shape index (κ2) is 9.94. The van der Waals surface area contributed by atoms with Gasteiger partial charge < -0.3 is 16.0 Å². The highest BCUT2D eigenvalue weighted by atomic mass is 35.5. The van der Waals surface area contributed by atoms with Crippen molar-refractivity contribution in [2.75, 3.05) is 12.4 Å².